The normalized spacial score (nSPS) is 13.4. The summed E-state index contributed by atoms with van der Waals surface area (Å²) in [6.07, 6.45) is 1.60. The van der Waals surface area contributed by atoms with Gasteiger partial charge in [-0.25, -0.2) is 4.39 Å². The van der Waals surface area contributed by atoms with Gasteiger partial charge in [-0.3, -0.25) is 4.79 Å². The van der Waals surface area contributed by atoms with Gasteiger partial charge in [-0.05, 0) is 41.5 Å². The summed E-state index contributed by atoms with van der Waals surface area (Å²) < 4.78 is 13.5. The number of rotatable bonds is 5. The highest BCUT2D eigenvalue weighted by molar-refractivity contribution is 6.30. The summed E-state index contributed by atoms with van der Waals surface area (Å²) >= 11 is 5.82. The number of ketones is 1. The fourth-order valence-electron chi connectivity index (χ4n) is 2.47. The maximum Gasteiger partial charge on any atom is 0.137 e. The third-order valence-electron chi connectivity index (χ3n) is 2.93. The van der Waals surface area contributed by atoms with Crippen LogP contribution in [-0.2, 0) is 11.2 Å². The second-order valence-corrected chi connectivity index (χ2v) is 6.96. The van der Waals surface area contributed by atoms with Gasteiger partial charge in [0.15, 0.2) is 0 Å². The van der Waals surface area contributed by atoms with Crippen molar-refractivity contribution in [2.45, 2.75) is 47.0 Å². The Kier molecular flexibility index (Phi) is 5.54. The van der Waals surface area contributed by atoms with Gasteiger partial charge in [0.25, 0.3) is 0 Å². The molecule has 1 nitrogen and oxygen atoms in total. The predicted octanol–water partition coefficient (Wildman–Crippen LogP) is 5.05. The van der Waals surface area contributed by atoms with Crippen LogP contribution in [0.1, 0.15) is 46.1 Å². The minimum Gasteiger partial charge on any atom is -0.299 e. The van der Waals surface area contributed by atoms with E-state index in [1.54, 1.807) is 0 Å². The van der Waals surface area contributed by atoms with Crippen molar-refractivity contribution in [3.8, 4) is 0 Å². The van der Waals surface area contributed by atoms with E-state index in [-0.39, 0.29) is 23.4 Å². The molecule has 1 unspecified atom stereocenters. The van der Waals surface area contributed by atoms with Crippen LogP contribution >= 0.6 is 11.6 Å². The molecule has 1 rings (SSSR count). The molecule has 0 radical (unpaired) electrons. The highest BCUT2D eigenvalue weighted by Crippen LogP contribution is 2.26. The summed E-state index contributed by atoms with van der Waals surface area (Å²) in [5, 5.41) is 0.465. The van der Waals surface area contributed by atoms with E-state index in [0.29, 0.717) is 22.9 Å². The van der Waals surface area contributed by atoms with Crippen molar-refractivity contribution in [2.24, 2.45) is 11.3 Å². The van der Waals surface area contributed by atoms with Crippen LogP contribution in [0, 0.1) is 17.2 Å². The number of hydrogen-bond acceptors (Lipinski definition) is 1. The summed E-state index contributed by atoms with van der Waals surface area (Å²) in [6.45, 7) is 8.54. The molecule has 0 bridgehead atoms. The van der Waals surface area contributed by atoms with Gasteiger partial charge in [0.2, 0.25) is 0 Å². The average Bonchev–Trinajstić information content (AvgIpc) is 2.20. The fraction of sp³-hybridized carbons (Fsp3) is 0.562. The van der Waals surface area contributed by atoms with Crippen molar-refractivity contribution in [1.82, 2.24) is 0 Å². The van der Waals surface area contributed by atoms with Crippen LogP contribution in [-0.4, -0.2) is 5.78 Å². The van der Waals surface area contributed by atoms with Gasteiger partial charge in [-0.1, -0.05) is 39.3 Å². The molecule has 0 fully saturated rings. The topological polar surface area (TPSA) is 17.1 Å². The van der Waals surface area contributed by atoms with E-state index in [1.165, 1.54) is 18.2 Å². The second-order valence-electron chi connectivity index (χ2n) is 6.53. The maximum absolute atomic E-state index is 13.5. The number of carbonyl (C=O) groups excluding carboxylic acids is 1. The van der Waals surface area contributed by atoms with E-state index >= 15 is 0 Å². The molecule has 0 saturated heterocycles. The SMILES string of the molecule is CC(CC(=O)Cc1cc(Cl)ccc1F)CC(C)(C)C. The van der Waals surface area contributed by atoms with E-state index in [4.69, 9.17) is 11.6 Å². The third-order valence-corrected chi connectivity index (χ3v) is 3.17. The average molecular weight is 285 g/mol. The largest absolute Gasteiger partial charge is 0.299 e. The zero-order valence-electron chi connectivity index (χ0n) is 12.1. The summed E-state index contributed by atoms with van der Waals surface area (Å²) in [5.41, 5.74) is 0.599. The maximum atomic E-state index is 13.5. The molecule has 0 aliphatic carbocycles. The molecule has 1 aromatic rings. The first-order valence-corrected chi connectivity index (χ1v) is 7.01. The molecule has 106 valence electrons. The van der Waals surface area contributed by atoms with Crippen LogP contribution in [0.25, 0.3) is 0 Å². The fourth-order valence-corrected chi connectivity index (χ4v) is 2.66. The van der Waals surface area contributed by atoms with Gasteiger partial charge in [0.05, 0.1) is 0 Å². The van der Waals surface area contributed by atoms with Gasteiger partial charge in [-0.15, -0.1) is 0 Å². The van der Waals surface area contributed by atoms with Gasteiger partial charge in [0.1, 0.15) is 11.6 Å². The van der Waals surface area contributed by atoms with Crippen molar-refractivity contribution < 1.29 is 9.18 Å². The number of carbonyl (C=O) groups is 1. The quantitative estimate of drug-likeness (QED) is 0.739. The van der Waals surface area contributed by atoms with E-state index < -0.39 is 0 Å². The van der Waals surface area contributed by atoms with E-state index in [2.05, 4.69) is 27.7 Å². The summed E-state index contributed by atoms with van der Waals surface area (Å²) in [6, 6.07) is 4.33. The Bertz CT molecular complexity index is 449. The third kappa shape index (κ3) is 6.20. The molecule has 0 saturated carbocycles. The Hall–Kier alpha value is -0.890. The molecule has 0 aliphatic rings. The second kappa shape index (κ2) is 6.51. The zero-order chi connectivity index (χ0) is 14.6. The molecule has 1 aromatic carbocycles. The van der Waals surface area contributed by atoms with Gasteiger partial charge >= 0.3 is 0 Å². The Labute approximate surface area is 120 Å². The first-order chi connectivity index (χ1) is 8.67. The minimum atomic E-state index is -0.360. The molecular weight excluding hydrogens is 263 g/mol. The number of benzene rings is 1. The van der Waals surface area contributed by atoms with Crippen LogP contribution in [0.4, 0.5) is 4.39 Å². The molecule has 0 amide bonds. The Morgan fingerprint density at radius 3 is 2.58 bits per heavy atom. The lowest BCUT2D eigenvalue weighted by atomic mass is 9.83. The number of Topliss-reactive ketones (excluding diaryl/α,β-unsaturated/α-hetero) is 1. The summed E-state index contributed by atoms with van der Waals surface area (Å²) in [7, 11) is 0. The molecule has 3 heteroatoms. The first-order valence-electron chi connectivity index (χ1n) is 6.63. The molecule has 0 aliphatic heterocycles. The number of halogens is 2. The molecular formula is C16H22ClFO. The predicted molar refractivity (Wildman–Crippen MR) is 78.0 cm³/mol. The van der Waals surface area contributed by atoms with Gasteiger partial charge in [-0.2, -0.15) is 0 Å². The van der Waals surface area contributed by atoms with Crippen molar-refractivity contribution in [2.75, 3.05) is 0 Å². The summed E-state index contributed by atoms with van der Waals surface area (Å²) in [4.78, 5) is 12.0. The monoisotopic (exact) mass is 284 g/mol. The summed E-state index contributed by atoms with van der Waals surface area (Å²) in [5.74, 6) is 0.0221. The van der Waals surface area contributed by atoms with Crippen LogP contribution in [0.2, 0.25) is 5.02 Å². The van der Waals surface area contributed by atoms with Crippen molar-refractivity contribution in [3.63, 3.8) is 0 Å². The molecule has 0 heterocycles. The van der Waals surface area contributed by atoms with Crippen LogP contribution < -0.4 is 0 Å². The minimum absolute atomic E-state index is 0.0675. The van der Waals surface area contributed by atoms with Crippen molar-refractivity contribution in [1.29, 1.82) is 0 Å². The van der Waals surface area contributed by atoms with Crippen LogP contribution in [0.5, 0.6) is 0 Å². The lowest BCUT2D eigenvalue weighted by Crippen LogP contribution is -2.15. The van der Waals surface area contributed by atoms with Gasteiger partial charge < -0.3 is 0 Å². The molecule has 0 aromatic heterocycles. The van der Waals surface area contributed by atoms with Crippen molar-refractivity contribution >= 4 is 17.4 Å². The van der Waals surface area contributed by atoms with Gasteiger partial charge in [0, 0.05) is 17.9 Å². The standard InChI is InChI=1S/C16H22ClFO/c1-11(10-16(2,3)4)7-14(19)9-12-8-13(17)5-6-15(12)18/h5-6,8,11H,7,9-10H2,1-4H3. The highest BCUT2D eigenvalue weighted by Gasteiger charge is 2.18. The molecule has 1 atom stereocenters. The first kappa shape index (κ1) is 16.2. The highest BCUT2D eigenvalue weighted by atomic mass is 35.5. The van der Waals surface area contributed by atoms with E-state index in [1.807, 2.05) is 0 Å². The molecule has 0 spiro atoms. The van der Waals surface area contributed by atoms with Crippen LogP contribution in [0.3, 0.4) is 0 Å². The number of hydrogen-bond donors (Lipinski definition) is 0. The lowest BCUT2D eigenvalue weighted by molar-refractivity contribution is -0.119. The van der Waals surface area contributed by atoms with E-state index in [0.717, 1.165) is 6.42 Å². The van der Waals surface area contributed by atoms with E-state index in [9.17, 15) is 9.18 Å². The lowest BCUT2D eigenvalue weighted by Gasteiger charge is -2.22. The zero-order valence-corrected chi connectivity index (χ0v) is 12.9. The molecule has 19 heavy (non-hydrogen) atoms. The Morgan fingerprint density at radius 2 is 2.00 bits per heavy atom. The van der Waals surface area contributed by atoms with Crippen molar-refractivity contribution in [3.05, 3.63) is 34.6 Å². The van der Waals surface area contributed by atoms with Crippen LogP contribution in [0.15, 0.2) is 18.2 Å². The Balaban J connectivity index is 2.58. The molecule has 0 N–H and O–H groups in total. The Morgan fingerprint density at radius 1 is 1.37 bits per heavy atom. The smallest absolute Gasteiger partial charge is 0.137 e.